The third kappa shape index (κ3) is 3.66. The van der Waals surface area contributed by atoms with Crippen LogP contribution in [0.25, 0.3) is 0 Å². The first kappa shape index (κ1) is 16.9. The first-order chi connectivity index (χ1) is 10.5. The Hall–Kier alpha value is -1.44. The first-order valence-corrected chi connectivity index (χ1v) is 8.97. The predicted octanol–water partition coefficient (Wildman–Crippen LogP) is 0.670. The second-order valence-electron chi connectivity index (χ2n) is 5.37. The van der Waals surface area contributed by atoms with Crippen molar-refractivity contribution in [3.05, 3.63) is 29.8 Å². The molecule has 6 nitrogen and oxygen atoms in total. The predicted molar refractivity (Wildman–Crippen MR) is 83.5 cm³/mol. The molecule has 122 valence electrons. The summed E-state index contributed by atoms with van der Waals surface area (Å²) in [5.41, 5.74) is 6.17. The molecule has 0 spiro atoms. The fraction of sp³-hybridized carbons (Fsp3) is 0.533. The van der Waals surface area contributed by atoms with Crippen LogP contribution >= 0.6 is 0 Å². The van der Waals surface area contributed by atoms with Gasteiger partial charge in [0.05, 0.1) is 17.3 Å². The number of likely N-dealkylation sites (tertiary alicyclic amines) is 1. The maximum absolute atomic E-state index is 12.5. The Morgan fingerprint density at radius 2 is 2.05 bits per heavy atom. The van der Waals surface area contributed by atoms with Gasteiger partial charge in [-0.15, -0.1) is 0 Å². The highest BCUT2D eigenvalue weighted by molar-refractivity contribution is 7.91. The molecule has 1 unspecified atom stereocenters. The quantitative estimate of drug-likeness (QED) is 0.830. The second kappa shape index (κ2) is 7.21. The lowest BCUT2D eigenvalue weighted by molar-refractivity contribution is 0.0741. The van der Waals surface area contributed by atoms with Crippen molar-refractivity contribution >= 4 is 15.7 Å². The number of carbonyl (C=O) groups is 1. The van der Waals surface area contributed by atoms with E-state index in [1.54, 1.807) is 17.0 Å². The van der Waals surface area contributed by atoms with Crippen LogP contribution in [0, 0.1) is 0 Å². The summed E-state index contributed by atoms with van der Waals surface area (Å²) in [6.45, 7) is 1.30. The molecule has 2 N–H and O–H groups in total. The van der Waals surface area contributed by atoms with E-state index in [1.165, 1.54) is 19.2 Å². The molecule has 7 heteroatoms. The SMILES string of the molecule is COCCS(=O)(=O)c1ccc(C(=O)N2CCCC2CN)cc1. The molecule has 1 saturated heterocycles. The van der Waals surface area contributed by atoms with E-state index >= 15 is 0 Å². The molecule has 1 aromatic rings. The minimum atomic E-state index is -3.37. The Kier molecular flexibility index (Phi) is 5.55. The van der Waals surface area contributed by atoms with Gasteiger partial charge in [-0.25, -0.2) is 8.42 Å². The molecule has 1 aromatic carbocycles. The number of nitrogens with two attached hydrogens (primary N) is 1. The highest BCUT2D eigenvalue weighted by Crippen LogP contribution is 2.20. The lowest BCUT2D eigenvalue weighted by atomic mass is 10.1. The average molecular weight is 326 g/mol. The van der Waals surface area contributed by atoms with Gasteiger partial charge in [-0.05, 0) is 37.1 Å². The summed E-state index contributed by atoms with van der Waals surface area (Å²) in [5, 5.41) is 0. The van der Waals surface area contributed by atoms with Gasteiger partial charge in [0, 0.05) is 31.8 Å². The van der Waals surface area contributed by atoms with E-state index < -0.39 is 9.84 Å². The third-order valence-corrected chi connectivity index (χ3v) is 5.62. The fourth-order valence-corrected chi connectivity index (χ4v) is 3.80. The molecule has 0 saturated carbocycles. The van der Waals surface area contributed by atoms with Gasteiger partial charge < -0.3 is 15.4 Å². The largest absolute Gasteiger partial charge is 0.384 e. The minimum Gasteiger partial charge on any atom is -0.384 e. The van der Waals surface area contributed by atoms with Gasteiger partial charge in [0.1, 0.15) is 0 Å². The number of ether oxygens (including phenoxy) is 1. The summed E-state index contributed by atoms with van der Waals surface area (Å²) in [7, 11) is -1.91. The summed E-state index contributed by atoms with van der Waals surface area (Å²) in [5.74, 6) is -0.160. The van der Waals surface area contributed by atoms with Crippen molar-refractivity contribution in [2.45, 2.75) is 23.8 Å². The van der Waals surface area contributed by atoms with Crippen molar-refractivity contribution in [1.82, 2.24) is 4.90 Å². The summed E-state index contributed by atoms with van der Waals surface area (Å²) >= 11 is 0. The van der Waals surface area contributed by atoms with Gasteiger partial charge in [0.2, 0.25) is 0 Å². The molecule has 1 atom stereocenters. The smallest absolute Gasteiger partial charge is 0.254 e. The molecule has 1 amide bonds. The van der Waals surface area contributed by atoms with Crippen LogP contribution in [0.4, 0.5) is 0 Å². The number of hydrogen-bond donors (Lipinski definition) is 1. The molecule has 2 rings (SSSR count). The van der Waals surface area contributed by atoms with Crippen molar-refractivity contribution in [2.75, 3.05) is 32.6 Å². The standard InChI is InChI=1S/C15H22N2O4S/c1-21-9-10-22(19,20)14-6-4-12(5-7-14)15(18)17-8-2-3-13(17)11-16/h4-7,13H,2-3,8-11,16H2,1H3. The molecular formula is C15H22N2O4S. The van der Waals surface area contributed by atoms with E-state index in [0.29, 0.717) is 18.7 Å². The zero-order chi connectivity index (χ0) is 16.2. The van der Waals surface area contributed by atoms with Crippen molar-refractivity contribution < 1.29 is 17.9 Å². The molecule has 0 bridgehead atoms. The van der Waals surface area contributed by atoms with Gasteiger partial charge in [-0.1, -0.05) is 0 Å². The van der Waals surface area contributed by atoms with E-state index in [0.717, 1.165) is 12.8 Å². The van der Waals surface area contributed by atoms with Gasteiger partial charge >= 0.3 is 0 Å². The van der Waals surface area contributed by atoms with Crippen LogP contribution in [0.5, 0.6) is 0 Å². The van der Waals surface area contributed by atoms with Crippen LogP contribution in [0.3, 0.4) is 0 Å². The normalized spacial score (nSPS) is 18.6. The second-order valence-corrected chi connectivity index (χ2v) is 7.48. The minimum absolute atomic E-state index is 0.0713. The van der Waals surface area contributed by atoms with Crippen LogP contribution < -0.4 is 5.73 Å². The molecule has 0 aliphatic carbocycles. The zero-order valence-corrected chi connectivity index (χ0v) is 13.5. The molecule has 1 heterocycles. The van der Waals surface area contributed by atoms with Crippen LogP contribution in [-0.2, 0) is 14.6 Å². The molecular weight excluding hydrogens is 304 g/mol. The van der Waals surface area contributed by atoms with Crippen molar-refractivity contribution in [3.8, 4) is 0 Å². The number of carbonyl (C=O) groups excluding carboxylic acids is 1. The highest BCUT2D eigenvalue weighted by atomic mass is 32.2. The Morgan fingerprint density at radius 3 is 2.64 bits per heavy atom. The monoisotopic (exact) mass is 326 g/mol. The maximum atomic E-state index is 12.5. The van der Waals surface area contributed by atoms with Crippen molar-refractivity contribution in [2.24, 2.45) is 5.73 Å². The van der Waals surface area contributed by atoms with Crippen LogP contribution in [0.2, 0.25) is 0 Å². The number of sulfone groups is 1. The Morgan fingerprint density at radius 1 is 1.36 bits per heavy atom. The lowest BCUT2D eigenvalue weighted by Crippen LogP contribution is -2.39. The number of benzene rings is 1. The van der Waals surface area contributed by atoms with Gasteiger partial charge in [0.15, 0.2) is 9.84 Å². The molecule has 1 aliphatic rings. The average Bonchev–Trinajstić information content (AvgIpc) is 3.01. The number of amides is 1. The number of methoxy groups -OCH3 is 1. The third-order valence-electron chi connectivity index (χ3n) is 3.93. The summed E-state index contributed by atoms with van der Waals surface area (Å²) in [6.07, 6.45) is 1.88. The van der Waals surface area contributed by atoms with Crippen LogP contribution in [0.15, 0.2) is 29.2 Å². The molecule has 1 aliphatic heterocycles. The Bertz CT molecular complexity index is 613. The van der Waals surface area contributed by atoms with Gasteiger partial charge in [-0.3, -0.25) is 4.79 Å². The molecule has 0 radical (unpaired) electrons. The van der Waals surface area contributed by atoms with E-state index in [-0.39, 0.29) is 29.2 Å². The first-order valence-electron chi connectivity index (χ1n) is 7.32. The highest BCUT2D eigenvalue weighted by Gasteiger charge is 2.28. The maximum Gasteiger partial charge on any atom is 0.254 e. The topological polar surface area (TPSA) is 89.7 Å². The van der Waals surface area contributed by atoms with Crippen molar-refractivity contribution in [1.29, 1.82) is 0 Å². The Balaban J connectivity index is 2.13. The van der Waals surface area contributed by atoms with Gasteiger partial charge in [-0.2, -0.15) is 0 Å². The zero-order valence-electron chi connectivity index (χ0n) is 12.7. The van der Waals surface area contributed by atoms with E-state index in [9.17, 15) is 13.2 Å². The summed E-state index contributed by atoms with van der Waals surface area (Å²) < 4.78 is 28.9. The summed E-state index contributed by atoms with van der Waals surface area (Å²) in [4.78, 5) is 14.4. The number of nitrogens with zero attached hydrogens (tertiary/aromatic N) is 1. The van der Waals surface area contributed by atoms with E-state index in [1.807, 2.05) is 0 Å². The van der Waals surface area contributed by atoms with Crippen LogP contribution in [0.1, 0.15) is 23.2 Å². The number of hydrogen-bond acceptors (Lipinski definition) is 5. The fourth-order valence-electron chi connectivity index (χ4n) is 2.63. The number of rotatable bonds is 6. The van der Waals surface area contributed by atoms with Gasteiger partial charge in [0.25, 0.3) is 5.91 Å². The Labute approximate surface area is 131 Å². The van der Waals surface area contributed by atoms with E-state index in [2.05, 4.69) is 0 Å². The summed E-state index contributed by atoms with van der Waals surface area (Å²) in [6, 6.07) is 6.16. The van der Waals surface area contributed by atoms with E-state index in [4.69, 9.17) is 10.5 Å². The van der Waals surface area contributed by atoms with Crippen LogP contribution in [-0.4, -0.2) is 57.8 Å². The molecule has 0 aromatic heterocycles. The van der Waals surface area contributed by atoms with Crippen molar-refractivity contribution in [3.63, 3.8) is 0 Å². The lowest BCUT2D eigenvalue weighted by Gasteiger charge is -2.23. The molecule has 22 heavy (non-hydrogen) atoms. The molecule has 1 fully saturated rings.